The highest BCUT2D eigenvalue weighted by Gasteiger charge is 2.54. The Balaban J connectivity index is 2.47. The van der Waals surface area contributed by atoms with Crippen molar-refractivity contribution in [3.05, 3.63) is 76.1 Å². The van der Waals surface area contributed by atoms with Crippen molar-refractivity contribution in [2.75, 3.05) is 11.9 Å². The van der Waals surface area contributed by atoms with E-state index in [0.717, 1.165) is 24.3 Å². The fraction of sp³-hybridized carbons (Fsp3) is 0.176. The molecular formula is C17H14F2N2O5. The number of para-hydroxylation sites is 1. The summed E-state index contributed by atoms with van der Waals surface area (Å²) in [5.41, 5.74) is -3.83. The lowest BCUT2D eigenvalue weighted by molar-refractivity contribution is -0.499. The monoisotopic (exact) mass is 364 g/mol. The Labute approximate surface area is 146 Å². The molecule has 0 radical (unpaired) electrons. The minimum absolute atomic E-state index is 0.340. The van der Waals surface area contributed by atoms with Crippen LogP contribution in [0.2, 0.25) is 0 Å². The van der Waals surface area contributed by atoms with Crippen LogP contribution < -0.4 is 5.32 Å². The highest BCUT2D eigenvalue weighted by atomic mass is 19.1. The second-order valence-electron chi connectivity index (χ2n) is 5.46. The standard InChI is InChI=1S/C17H14F2N2O5/c18-12-8-4-5-9-13(12)20-15(22)14(16(23)24)17(19,10-21(25)26)11-6-2-1-3-7-11/h1-9,14H,10H2,(H,20,22)(H,23,24). The number of nitro groups is 1. The van der Waals surface area contributed by atoms with Gasteiger partial charge < -0.3 is 10.4 Å². The Morgan fingerprint density at radius 1 is 1.15 bits per heavy atom. The molecule has 2 unspecified atom stereocenters. The lowest BCUT2D eigenvalue weighted by atomic mass is 9.82. The van der Waals surface area contributed by atoms with Crippen molar-refractivity contribution in [3.63, 3.8) is 0 Å². The molecule has 2 N–H and O–H groups in total. The quantitative estimate of drug-likeness (QED) is 0.446. The van der Waals surface area contributed by atoms with E-state index in [1.807, 2.05) is 5.32 Å². The van der Waals surface area contributed by atoms with E-state index in [0.29, 0.717) is 0 Å². The van der Waals surface area contributed by atoms with E-state index in [2.05, 4.69) is 0 Å². The molecule has 0 saturated carbocycles. The van der Waals surface area contributed by atoms with Gasteiger partial charge in [-0.25, -0.2) is 8.78 Å². The molecule has 9 heteroatoms. The van der Waals surface area contributed by atoms with Crippen molar-refractivity contribution < 1.29 is 28.4 Å². The van der Waals surface area contributed by atoms with Gasteiger partial charge in [-0.15, -0.1) is 0 Å². The first kappa shape index (κ1) is 19.0. The molecule has 0 heterocycles. The molecule has 1 amide bonds. The molecule has 7 nitrogen and oxygen atoms in total. The number of carbonyl (C=O) groups excluding carboxylic acids is 1. The number of hydrogen-bond acceptors (Lipinski definition) is 4. The molecule has 136 valence electrons. The summed E-state index contributed by atoms with van der Waals surface area (Å²) in [5, 5.41) is 22.3. The first-order chi connectivity index (χ1) is 12.3. The van der Waals surface area contributed by atoms with E-state index < -0.39 is 40.7 Å². The minimum atomic E-state index is -3.13. The summed E-state index contributed by atoms with van der Waals surface area (Å²) in [6.45, 7) is -1.45. The number of nitrogens with one attached hydrogen (secondary N) is 1. The van der Waals surface area contributed by atoms with Crippen LogP contribution in [0.15, 0.2) is 54.6 Å². The minimum Gasteiger partial charge on any atom is -0.481 e. The van der Waals surface area contributed by atoms with Gasteiger partial charge >= 0.3 is 5.97 Å². The molecule has 0 aromatic heterocycles. The van der Waals surface area contributed by atoms with Crippen LogP contribution in [0.25, 0.3) is 0 Å². The van der Waals surface area contributed by atoms with E-state index in [1.54, 1.807) is 0 Å². The lowest BCUT2D eigenvalue weighted by Gasteiger charge is -2.27. The van der Waals surface area contributed by atoms with Gasteiger partial charge in [0.05, 0.1) is 5.69 Å². The summed E-state index contributed by atoms with van der Waals surface area (Å²) >= 11 is 0. The maximum atomic E-state index is 15.6. The number of hydrogen-bond donors (Lipinski definition) is 2. The second-order valence-corrected chi connectivity index (χ2v) is 5.46. The van der Waals surface area contributed by atoms with Crippen LogP contribution in [0.3, 0.4) is 0 Å². The third-order valence-corrected chi connectivity index (χ3v) is 3.71. The molecule has 0 saturated heterocycles. The number of anilines is 1. The smallest absolute Gasteiger partial charge is 0.320 e. The summed E-state index contributed by atoms with van der Waals surface area (Å²) in [4.78, 5) is 33.9. The normalized spacial score (nSPS) is 14.1. The maximum Gasteiger partial charge on any atom is 0.320 e. The predicted molar refractivity (Wildman–Crippen MR) is 87.2 cm³/mol. The van der Waals surface area contributed by atoms with Crippen molar-refractivity contribution in [3.8, 4) is 0 Å². The van der Waals surface area contributed by atoms with Gasteiger partial charge in [0.25, 0.3) is 0 Å². The summed E-state index contributed by atoms with van der Waals surface area (Å²) < 4.78 is 29.2. The third kappa shape index (κ3) is 4.00. The first-order valence-corrected chi connectivity index (χ1v) is 7.40. The number of alkyl halides is 1. The van der Waals surface area contributed by atoms with Crippen LogP contribution in [0.1, 0.15) is 5.56 Å². The Hall–Kier alpha value is -3.36. The van der Waals surface area contributed by atoms with Gasteiger partial charge in [-0.1, -0.05) is 42.5 Å². The van der Waals surface area contributed by atoms with E-state index in [-0.39, 0.29) is 11.3 Å². The summed E-state index contributed by atoms with van der Waals surface area (Å²) in [6, 6.07) is 11.4. The number of carbonyl (C=O) groups is 2. The molecule has 0 bridgehead atoms. The van der Waals surface area contributed by atoms with Crippen LogP contribution in [0, 0.1) is 21.8 Å². The number of carboxylic acid groups (broad SMARTS) is 1. The van der Waals surface area contributed by atoms with Crippen LogP contribution >= 0.6 is 0 Å². The van der Waals surface area contributed by atoms with E-state index in [4.69, 9.17) is 0 Å². The van der Waals surface area contributed by atoms with Crippen LogP contribution in [0.4, 0.5) is 14.5 Å². The average molecular weight is 364 g/mol. The molecule has 0 aliphatic heterocycles. The Bertz CT molecular complexity index is 831. The molecule has 0 aliphatic rings. The molecule has 2 aromatic carbocycles. The molecule has 0 spiro atoms. The van der Waals surface area contributed by atoms with Gasteiger partial charge in [0.2, 0.25) is 18.1 Å². The van der Waals surface area contributed by atoms with Gasteiger partial charge in [-0.2, -0.15) is 0 Å². The van der Waals surface area contributed by atoms with Crippen molar-refractivity contribution >= 4 is 17.6 Å². The number of aliphatic carboxylic acids is 1. The molecule has 26 heavy (non-hydrogen) atoms. The van der Waals surface area contributed by atoms with Crippen molar-refractivity contribution in [2.24, 2.45) is 5.92 Å². The van der Waals surface area contributed by atoms with E-state index >= 15 is 4.39 Å². The van der Waals surface area contributed by atoms with Gasteiger partial charge in [-0.05, 0) is 17.7 Å². The molecule has 2 rings (SSSR count). The van der Waals surface area contributed by atoms with Crippen LogP contribution in [-0.2, 0) is 15.3 Å². The highest BCUT2D eigenvalue weighted by Crippen LogP contribution is 2.36. The van der Waals surface area contributed by atoms with Gasteiger partial charge in [-0.3, -0.25) is 19.7 Å². The highest BCUT2D eigenvalue weighted by molar-refractivity contribution is 6.05. The third-order valence-electron chi connectivity index (χ3n) is 3.71. The van der Waals surface area contributed by atoms with Crippen molar-refractivity contribution in [1.82, 2.24) is 0 Å². The fourth-order valence-corrected chi connectivity index (χ4v) is 2.54. The number of benzene rings is 2. The summed E-state index contributed by atoms with van der Waals surface area (Å²) in [6.07, 6.45) is 0. The van der Waals surface area contributed by atoms with Gasteiger partial charge in [0.1, 0.15) is 5.82 Å². The summed E-state index contributed by atoms with van der Waals surface area (Å²) in [5.74, 6) is -6.64. The zero-order valence-corrected chi connectivity index (χ0v) is 13.3. The van der Waals surface area contributed by atoms with Crippen molar-refractivity contribution in [2.45, 2.75) is 5.67 Å². The van der Waals surface area contributed by atoms with E-state index in [1.165, 1.54) is 30.3 Å². The van der Waals surface area contributed by atoms with Gasteiger partial charge in [0, 0.05) is 4.92 Å². The fourth-order valence-electron chi connectivity index (χ4n) is 2.54. The topological polar surface area (TPSA) is 110 Å². The zero-order chi connectivity index (χ0) is 19.3. The summed E-state index contributed by atoms with van der Waals surface area (Å²) in [7, 11) is 0. The Morgan fingerprint density at radius 2 is 1.73 bits per heavy atom. The number of amides is 1. The first-order valence-electron chi connectivity index (χ1n) is 7.40. The number of nitrogens with zero attached hydrogens (tertiary/aromatic N) is 1. The van der Waals surface area contributed by atoms with Crippen molar-refractivity contribution in [1.29, 1.82) is 0 Å². The Kier molecular flexibility index (Phi) is 5.61. The molecule has 0 fully saturated rings. The second kappa shape index (κ2) is 7.68. The molecule has 2 atom stereocenters. The van der Waals surface area contributed by atoms with Gasteiger partial charge in [0.15, 0.2) is 5.92 Å². The lowest BCUT2D eigenvalue weighted by Crippen LogP contribution is -2.48. The maximum absolute atomic E-state index is 15.6. The zero-order valence-electron chi connectivity index (χ0n) is 13.3. The number of halogens is 2. The molecule has 0 aliphatic carbocycles. The largest absolute Gasteiger partial charge is 0.481 e. The average Bonchev–Trinajstić information content (AvgIpc) is 2.57. The van der Waals surface area contributed by atoms with E-state index in [9.17, 15) is 29.2 Å². The number of carboxylic acids is 1. The SMILES string of the molecule is O=C(O)C(C(=O)Nc1ccccc1F)C(F)(C[N+](=O)[O-])c1ccccc1. The Morgan fingerprint density at radius 3 is 2.27 bits per heavy atom. The molecular weight excluding hydrogens is 350 g/mol. The predicted octanol–water partition coefficient (Wildman–Crippen LogP) is 2.61. The number of rotatable bonds is 7. The van der Waals surface area contributed by atoms with Crippen LogP contribution in [-0.4, -0.2) is 28.5 Å². The van der Waals surface area contributed by atoms with Crippen LogP contribution in [0.5, 0.6) is 0 Å². The molecule has 2 aromatic rings.